The summed E-state index contributed by atoms with van der Waals surface area (Å²) in [4.78, 5) is 29.0. The summed E-state index contributed by atoms with van der Waals surface area (Å²) in [6.45, 7) is 6.01. The maximum absolute atomic E-state index is 12.8. The Morgan fingerprint density at radius 2 is 2.16 bits per heavy atom. The molecule has 3 atom stereocenters. The smallest absolute Gasteiger partial charge is 0.246 e. The summed E-state index contributed by atoms with van der Waals surface area (Å²) in [6.07, 6.45) is 3.27. The lowest BCUT2D eigenvalue weighted by molar-refractivity contribution is -0.166. The van der Waals surface area contributed by atoms with E-state index in [0.29, 0.717) is 19.6 Å². The van der Waals surface area contributed by atoms with Crippen molar-refractivity contribution in [2.24, 2.45) is 0 Å². The molecule has 0 N–H and O–H groups in total. The second kappa shape index (κ2) is 4.47. The standard InChI is InChI=1S/C14H22N2O3/c1-3-10-12(17)15-7-4-5-11(15)13(18)16(10)14(2)6-8-19-9-14/h10-11H,3-9H2,1-2H3. The first-order valence-electron chi connectivity index (χ1n) is 7.30. The summed E-state index contributed by atoms with van der Waals surface area (Å²) >= 11 is 0. The number of nitrogens with zero attached hydrogens (tertiary/aromatic N) is 2. The summed E-state index contributed by atoms with van der Waals surface area (Å²) in [5.74, 6) is 0.273. The van der Waals surface area contributed by atoms with Crippen LogP contribution in [0.3, 0.4) is 0 Å². The molecule has 3 aliphatic heterocycles. The number of piperazine rings is 1. The van der Waals surface area contributed by atoms with Gasteiger partial charge in [-0.25, -0.2) is 0 Å². The van der Waals surface area contributed by atoms with Gasteiger partial charge in [-0.2, -0.15) is 0 Å². The lowest BCUT2D eigenvalue weighted by atomic mass is 9.91. The van der Waals surface area contributed by atoms with E-state index < -0.39 is 0 Å². The molecule has 0 aromatic rings. The predicted octanol–water partition coefficient (Wildman–Crippen LogP) is 0.777. The third kappa shape index (κ3) is 1.78. The van der Waals surface area contributed by atoms with Crippen LogP contribution < -0.4 is 0 Å². The first-order chi connectivity index (χ1) is 9.08. The molecule has 5 nitrogen and oxygen atoms in total. The van der Waals surface area contributed by atoms with Crippen LogP contribution in [0.25, 0.3) is 0 Å². The van der Waals surface area contributed by atoms with Crippen LogP contribution in [0.4, 0.5) is 0 Å². The fraction of sp³-hybridized carbons (Fsp3) is 0.857. The van der Waals surface area contributed by atoms with Gasteiger partial charge in [-0.15, -0.1) is 0 Å². The molecule has 19 heavy (non-hydrogen) atoms. The summed E-state index contributed by atoms with van der Waals surface area (Å²) in [5, 5.41) is 0. The van der Waals surface area contributed by atoms with Crippen LogP contribution in [0.1, 0.15) is 39.5 Å². The SMILES string of the molecule is CCC1C(=O)N2CCCC2C(=O)N1C1(C)CCOC1. The highest BCUT2D eigenvalue weighted by Gasteiger charge is 2.53. The van der Waals surface area contributed by atoms with Crippen molar-refractivity contribution in [2.75, 3.05) is 19.8 Å². The van der Waals surface area contributed by atoms with E-state index in [1.165, 1.54) is 0 Å². The number of hydrogen-bond acceptors (Lipinski definition) is 3. The second-order valence-corrected chi connectivity index (χ2v) is 6.12. The van der Waals surface area contributed by atoms with Gasteiger partial charge in [-0.05, 0) is 32.6 Å². The summed E-state index contributed by atoms with van der Waals surface area (Å²) in [6, 6.07) is -0.513. The Morgan fingerprint density at radius 1 is 1.37 bits per heavy atom. The topological polar surface area (TPSA) is 49.9 Å². The molecule has 0 radical (unpaired) electrons. The normalized spacial score (nSPS) is 39.1. The zero-order valence-electron chi connectivity index (χ0n) is 11.7. The minimum absolute atomic E-state index is 0.136. The maximum atomic E-state index is 12.8. The van der Waals surface area contributed by atoms with Crippen LogP contribution >= 0.6 is 0 Å². The molecule has 106 valence electrons. The quantitative estimate of drug-likeness (QED) is 0.742. The van der Waals surface area contributed by atoms with Gasteiger partial charge >= 0.3 is 0 Å². The summed E-state index contributed by atoms with van der Waals surface area (Å²) < 4.78 is 5.48. The van der Waals surface area contributed by atoms with Crippen molar-refractivity contribution in [3.63, 3.8) is 0 Å². The molecule has 3 heterocycles. The van der Waals surface area contributed by atoms with Crippen molar-refractivity contribution in [1.82, 2.24) is 9.80 Å². The van der Waals surface area contributed by atoms with Crippen LogP contribution in [-0.4, -0.2) is 59.0 Å². The van der Waals surface area contributed by atoms with E-state index in [1.807, 2.05) is 11.8 Å². The van der Waals surface area contributed by atoms with E-state index in [-0.39, 0.29) is 29.4 Å². The molecular formula is C14H22N2O3. The zero-order chi connectivity index (χ0) is 13.6. The molecule has 5 heteroatoms. The van der Waals surface area contributed by atoms with Crippen molar-refractivity contribution in [3.05, 3.63) is 0 Å². The van der Waals surface area contributed by atoms with Gasteiger partial charge in [0.2, 0.25) is 11.8 Å². The number of rotatable bonds is 2. The third-order valence-electron chi connectivity index (χ3n) is 4.82. The maximum Gasteiger partial charge on any atom is 0.246 e. The first kappa shape index (κ1) is 12.9. The largest absolute Gasteiger partial charge is 0.379 e. The number of amides is 2. The highest BCUT2D eigenvalue weighted by molar-refractivity contribution is 5.97. The van der Waals surface area contributed by atoms with Crippen LogP contribution in [-0.2, 0) is 14.3 Å². The molecule has 0 aliphatic carbocycles. The zero-order valence-corrected chi connectivity index (χ0v) is 11.7. The molecular weight excluding hydrogens is 244 g/mol. The number of carbonyl (C=O) groups excluding carboxylic acids is 2. The molecule has 0 spiro atoms. The van der Waals surface area contributed by atoms with E-state index in [9.17, 15) is 9.59 Å². The number of carbonyl (C=O) groups is 2. The number of fused-ring (bicyclic) bond motifs is 1. The van der Waals surface area contributed by atoms with E-state index in [4.69, 9.17) is 4.74 Å². The molecule has 3 saturated heterocycles. The summed E-state index contributed by atoms with van der Waals surface area (Å²) in [7, 11) is 0. The molecule has 3 unspecified atom stereocenters. The highest BCUT2D eigenvalue weighted by Crippen LogP contribution is 2.36. The summed E-state index contributed by atoms with van der Waals surface area (Å²) in [5.41, 5.74) is -0.303. The van der Waals surface area contributed by atoms with Crippen molar-refractivity contribution in [1.29, 1.82) is 0 Å². The number of ether oxygens (including phenoxy) is 1. The minimum atomic E-state index is -0.303. The minimum Gasteiger partial charge on any atom is -0.379 e. The van der Waals surface area contributed by atoms with Gasteiger partial charge in [0, 0.05) is 13.2 Å². The Morgan fingerprint density at radius 3 is 2.79 bits per heavy atom. The van der Waals surface area contributed by atoms with Crippen LogP contribution in [0.2, 0.25) is 0 Å². The van der Waals surface area contributed by atoms with Gasteiger partial charge in [0.05, 0.1) is 12.1 Å². The Labute approximate surface area is 113 Å². The lowest BCUT2D eigenvalue weighted by Gasteiger charge is -2.49. The van der Waals surface area contributed by atoms with Gasteiger partial charge in [0.25, 0.3) is 0 Å². The molecule has 2 amide bonds. The van der Waals surface area contributed by atoms with E-state index in [2.05, 4.69) is 6.92 Å². The average molecular weight is 266 g/mol. The average Bonchev–Trinajstić information content (AvgIpc) is 3.02. The molecule has 3 rings (SSSR count). The fourth-order valence-corrected chi connectivity index (χ4v) is 3.75. The van der Waals surface area contributed by atoms with Crippen molar-refractivity contribution in [3.8, 4) is 0 Å². The van der Waals surface area contributed by atoms with E-state index >= 15 is 0 Å². The molecule has 0 aromatic carbocycles. The van der Waals surface area contributed by atoms with Gasteiger partial charge in [-0.3, -0.25) is 9.59 Å². The third-order valence-corrected chi connectivity index (χ3v) is 4.82. The van der Waals surface area contributed by atoms with Crippen LogP contribution in [0.15, 0.2) is 0 Å². The molecule has 3 fully saturated rings. The van der Waals surface area contributed by atoms with Crippen molar-refractivity contribution in [2.45, 2.75) is 57.2 Å². The first-order valence-corrected chi connectivity index (χ1v) is 7.30. The number of hydrogen-bond donors (Lipinski definition) is 0. The van der Waals surface area contributed by atoms with Gasteiger partial charge in [0.1, 0.15) is 12.1 Å². The van der Waals surface area contributed by atoms with Gasteiger partial charge in [-0.1, -0.05) is 6.92 Å². The van der Waals surface area contributed by atoms with Crippen LogP contribution in [0, 0.1) is 0 Å². The Hall–Kier alpha value is -1.10. The lowest BCUT2D eigenvalue weighted by Crippen LogP contribution is -2.68. The Bertz CT molecular complexity index is 403. The molecule has 0 bridgehead atoms. The second-order valence-electron chi connectivity index (χ2n) is 6.12. The predicted molar refractivity (Wildman–Crippen MR) is 69.5 cm³/mol. The highest BCUT2D eigenvalue weighted by atomic mass is 16.5. The van der Waals surface area contributed by atoms with Crippen molar-refractivity contribution >= 4 is 11.8 Å². The van der Waals surface area contributed by atoms with Crippen molar-refractivity contribution < 1.29 is 14.3 Å². The van der Waals surface area contributed by atoms with E-state index in [0.717, 1.165) is 25.8 Å². The monoisotopic (exact) mass is 266 g/mol. The van der Waals surface area contributed by atoms with E-state index in [1.54, 1.807) is 4.90 Å². The molecule has 0 saturated carbocycles. The molecule has 0 aromatic heterocycles. The fourth-order valence-electron chi connectivity index (χ4n) is 3.75. The van der Waals surface area contributed by atoms with Gasteiger partial charge in [0.15, 0.2) is 0 Å². The van der Waals surface area contributed by atoms with Crippen LogP contribution in [0.5, 0.6) is 0 Å². The Balaban J connectivity index is 1.96. The molecule has 3 aliphatic rings. The van der Waals surface area contributed by atoms with Gasteiger partial charge < -0.3 is 14.5 Å². The Kier molecular flexibility index (Phi) is 3.04.